The molecule has 0 aromatic carbocycles. The van der Waals surface area contributed by atoms with Crippen LogP contribution >= 0.6 is 11.7 Å². The molecule has 2 rings (SSSR count). The van der Waals surface area contributed by atoms with Crippen molar-refractivity contribution in [3.8, 4) is 0 Å². The van der Waals surface area contributed by atoms with Crippen molar-refractivity contribution >= 4 is 11.7 Å². The van der Waals surface area contributed by atoms with Crippen molar-refractivity contribution in [2.75, 3.05) is 6.54 Å². The maximum Gasteiger partial charge on any atom is 0.0916 e. The van der Waals surface area contributed by atoms with Gasteiger partial charge in [-0.3, -0.25) is 4.68 Å². The van der Waals surface area contributed by atoms with Gasteiger partial charge in [0, 0.05) is 19.2 Å². The van der Waals surface area contributed by atoms with Gasteiger partial charge < -0.3 is 5.32 Å². The molecule has 0 saturated heterocycles. The second-order valence-electron chi connectivity index (χ2n) is 4.65. The lowest BCUT2D eigenvalue weighted by Gasteiger charge is -2.15. The molecule has 0 amide bonds. The summed E-state index contributed by atoms with van der Waals surface area (Å²) in [6, 6.07) is 2.40. The van der Waals surface area contributed by atoms with E-state index in [2.05, 4.69) is 39.1 Å². The summed E-state index contributed by atoms with van der Waals surface area (Å²) in [4.78, 5) is 0. The van der Waals surface area contributed by atoms with Gasteiger partial charge in [-0.2, -0.15) is 13.8 Å². The largest absolute Gasteiger partial charge is 0.308 e. The maximum absolute atomic E-state index is 4.50. The second kappa shape index (κ2) is 6.77. The highest BCUT2D eigenvalue weighted by Gasteiger charge is 2.16. The van der Waals surface area contributed by atoms with Crippen LogP contribution in [-0.2, 0) is 19.9 Å². The van der Waals surface area contributed by atoms with Crippen LogP contribution in [0, 0.1) is 0 Å². The fraction of sp³-hybridized carbons (Fsp3) is 0.615. The monoisotopic (exact) mass is 279 g/mol. The Hall–Kier alpha value is -1.27. The lowest BCUT2D eigenvalue weighted by atomic mass is 10.1. The summed E-state index contributed by atoms with van der Waals surface area (Å²) >= 11 is 1.26. The Labute approximate surface area is 118 Å². The summed E-state index contributed by atoms with van der Waals surface area (Å²) in [5.74, 6) is 0. The van der Waals surface area contributed by atoms with Gasteiger partial charge in [0.2, 0.25) is 0 Å². The summed E-state index contributed by atoms with van der Waals surface area (Å²) < 4.78 is 10.4. The zero-order valence-electron chi connectivity index (χ0n) is 11.8. The number of rotatable bonds is 7. The van der Waals surface area contributed by atoms with Gasteiger partial charge in [0.15, 0.2) is 0 Å². The summed E-state index contributed by atoms with van der Waals surface area (Å²) in [7, 11) is 2.00. The molecule has 19 heavy (non-hydrogen) atoms. The van der Waals surface area contributed by atoms with Crippen LogP contribution in [0.25, 0.3) is 0 Å². The van der Waals surface area contributed by atoms with Crippen LogP contribution < -0.4 is 5.32 Å². The number of aromatic nitrogens is 4. The van der Waals surface area contributed by atoms with Gasteiger partial charge in [-0.15, -0.1) is 0 Å². The minimum atomic E-state index is 0.221. The maximum atomic E-state index is 4.50. The number of hydrogen-bond acceptors (Lipinski definition) is 5. The summed E-state index contributed by atoms with van der Waals surface area (Å²) in [6.07, 6.45) is 4.84. The number of hydrogen-bond donors (Lipinski definition) is 1. The Bertz CT molecular complexity index is 491. The molecule has 2 aromatic rings. The highest BCUT2D eigenvalue weighted by Crippen LogP contribution is 2.17. The molecule has 0 bridgehead atoms. The minimum absolute atomic E-state index is 0.221. The molecule has 2 aromatic heterocycles. The van der Waals surface area contributed by atoms with E-state index >= 15 is 0 Å². The molecule has 0 spiro atoms. The lowest BCUT2D eigenvalue weighted by molar-refractivity contribution is 0.504. The molecule has 1 atom stereocenters. The molecule has 2 heterocycles. The molecule has 104 valence electrons. The van der Waals surface area contributed by atoms with E-state index in [-0.39, 0.29) is 6.04 Å². The van der Waals surface area contributed by atoms with Gasteiger partial charge >= 0.3 is 0 Å². The average molecular weight is 279 g/mol. The van der Waals surface area contributed by atoms with E-state index in [9.17, 15) is 0 Å². The first kappa shape index (κ1) is 14.1. The first-order valence-electron chi connectivity index (χ1n) is 6.77. The van der Waals surface area contributed by atoms with Gasteiger partial charge in [-0.25, -0.2) is 0 Å². The van der Waals surface area contributed by atoms with Crippen LogP contribution in [0.15, 0.2) is 12.3 Å². The lowest BCUT2D eigenvalue weighted by Crippen LogP contribution is -2.25. The van der Waals surface area contributed by atoms with Crippen molar-refractivity contribution in [2.24, 2.45) is 7.05 Å². The topological polar surface area (TPSA) is 55.6 Å². The molecule has 1 unspecified atom stereocenters. The molecule has 0 aliphatic rings. The van der Waals surface area contributed by atoms with Crippen LogP contribution in [0.1, 0.15) is 43.4 Å². The highest BCUT2D eigenvalue weighted by molar-refractivity contribution is 6.99. The zero-order chi connectivity index (χ0) is 13.7. The first-order valence-corrected chi connectivity index (χ1v) is 7.50. The summed E-state index contributed by atoms with van der Waals surface area (Å²) in [6.45, 7) is 5.28. The van der Waals surface area contributed by atoms with Gasteiger partial charge in [0.1, 0.15) is 0 Å². The molecule has 6 heteroatoms. The van der Waals surface area contributed by atoms with Crippen molar-refractivity contribution in [3.63, 3.8) is 0 Å². The quantitative estimate of drug-likeness (QED) is 0.843. The fourth-order valence-corrected chi connectivity index (χ4v) is 2.54. The Balaban J connectivity index is 2.12. The Morgan fingerprint density at radius 3 is 2.84 bits per heavy atom. The summed E-state index contributed by atoms with van der Waals surface area (Å²) in [5.41, 5.74) is 3.40. The minimum Gasteiger partial charge on any atom is -0.308 e. The van der Waals surface area contributed by atoms with Crippen LogP contribution in [-0.4, -0.2) is 25.1 Å². The molecular formula is C13H21N5S. The molecule has 0 saturated carbocycles. The standard InChI is InChI=1S/C13H21N5S/c1-4-6-14-12(13-9-15-19-17-13)8-11-7-10(5-2)16-18(11)3/h7,9,12,14H,4-6,8H2,1-3H3. The van der Waals surface area contributed by atoms with Crippen LogP contribution in [0.4, 0.5) is 0 Å². The van der Waals surface area contributed by atoms with Crippen molar-refractivity contribution in [3.05, 3.63) is 29.3 Å². The van der Waals surface area contributed by atoms with E-state index in [1.165, 1.54) is 17.4 Å². The zero-order valence-corrected chi connectivity index (χ0v) is 12.6. The molecule has 0 aliphatic carbocycles. The third-order valence-electron chi connectivity index (χ3n) is 3.18. The van der Waals surface area contributed by atoms with E-state index in [0.29, 0.717) is 0 Å². The predicted molar refractivity (Wildman–Crippen MR) is 77.2 cm³/mol. The van der Waals surface area contributed by atoms with E-state index in [1.807, 2.05) is 17.9 Å². The third kappa shape index (κ3) is 3.61. The Kier molecular flexibility index (Phi) is 5.04. The normalized spacial score (nSPS) is 12.8. The van der Waals surface area contributed by atoms with Crippen LogP contribution in [0.3, 0.4) is 0 Å². The second-order valence-corrected chi connectivity index (χ2v) is 5.20. The van der Waals surface area contributed by atoms with Crippen molar-refractivity contribution in [2.45, 2.75) is 39.2 Å². The van der Waals surface area contributed by atoms with Crippen LogP contribution in [0.5, 0.6) is 0 Å². The molecule has 5 nitrogen and oxygen atoms in total. The Morgan fingerprint density at radius 1 is 1.42 bits per heavy atom. The Morgan fingerprint density at radius 2 is 2.26 bits per heavy atom. The summed E-state index contributed by atoms with van der Waals surface area (Å²) in [5, 5.41) is 8.04. The molecule has 0 aliphatic heterocycles. The molecule has 1 N–H and O–H groups in total. The fourth-order valence-electron chi connectivity index (χ4n) is 2.07. The predicted octanol–water partition coefficient (Wildman–Crippen LogP) is 2.12. The van der Waals surface area contributed by atoms with Gasteiger partial charge in [0.05, 0.1) is 35.4 Å². The van der Waals surface area contributed by atoms with Crippen molar-refractivity contribution < 1.29 is 0 Å². The van der Waals surface area contributed by atoms with Crippen molar-refractivity contribution in [1.29, 1.82) is 0 Å². The van der Waals surface area contributed by atoms with Crippen molar-refractivity contribution in [1.82, 2.24) is 23.8 Å². The number of aryl methyl sites for hydroxylation is 2. The third-order valence-corrected chi connectivity index (χ3v) is 3.67. The molecule has 0 fully saturated rings. The van der Waals surface area contributed by atoms with Gasteiger partial charge in [0.25, 0.3) is 0 Å². The van der Waals surface area contributed by atoms with E-state index in [4.69, 9.17) is 0 Å². The first-order chi connectivity index (χ1) is 9.24. The van der Waals surface area contributed by atoms with E-state index in [1.54, 1.807) is 0 Å². The molecular weight excluding hydrogens is 258 g/mol. The van der Waals surface area contributed by atoms with Crippen LogP contribution in [0.2, 0.25) is 0 Å². The SMILES string of the molecule is CCCNC(Cc1cc(CC)nn1C)c1cnsn1. The smallest absolute Gasteiger partial charge is 0.0916 e. The van der Waals surface area contributed by atoms with Gasteiger partial charge in [-0.05, 0) is 25.5 Å². The van der Waals surface area contributed by atoms with E-state index in [0.717, 1.165) is 37.2 Å². The number of nitrogens with zero attached hydrogens (tertiary/aromatic N) is 4. The van der Waals surface area contributed by atoms with E-state index < -0.39 is 0 Å². The van der Waals surface area contributed by atoms with Gasteiger partial charge in [-0.1, -0.05) is 13.8 Å². The number of nitrogens with one attached hydrogen (secondary N) is 1. The highest BCUT2D eigenvalue weighted by atomic mass is 32.1. The average Bonchev–Trinajstić information content (AvgIpc) is 3.04. The molecule has 0 radical (unpaired) electrons.